The minimum atomic E-state index is -0.294. The van der Waals surface area contributed by atoms with E-state index in [2.05, 4.69) is 10.1 Å². The summed E-state index contributed by atoms with van der Waals surface area (Å²) in [5.74, 6) is 0.739. The van der Waals surface area contributed by atoms with Crippen molar-refractivity contribution in [1.82, 2.24) is 19.7 Å². The molecule has 0 radical (unpaired) electrons. The molecule has 1 N–H and O–H groups in total. The molecule has 1 fully saturated rings. The molecule has 116 valence electrons. The summed E-state index contributed by atoms with van der Waals surface area (Å²) in [5, 5.41) is 4.94. The van der Waals surface area contributed by atoms with Crippen LogP contribution in [0.25, 0.3) is 5.69 Å². The van der Waals surface area contributed by atoms with Crippen molar-refractivity contribution >= 4 is 17.5 Å². The average Bonchev–Trinajstić information content (AvgIpc) is 2.89. The molecule has 0 spiro atoms. The number of nitrogens with zero attached hydrogens (tertiary/aromatic N) is 3. The normalized spacial score (nSPS) is 18.5. The van der Waals surface area contributed by atoms with Crippen LogP contribution in [0.5, 0.6) is 0 Å². The molecule has 1 aromatic heterocycles. The quantitative estimate of drug-likeness (QED) is 0.919. The zero-order valence-electron chi connectivity index (χ0n) is 12.3. The largest absolute Gasteiger partial charge is 0.348 e. The molecule has 2 heterocycles. The summed E-state index contributed by atoms with van der Waals surface area (Å²) in [6, 6.07) is 6.99. The van der Waals surface area contributed by atoms with E-state index in [-0.39, 0.29) is 17.5 Å². The molecule has 1 aromatic carbocycles. The highest BCUT2D eigenvalue weighted by molar-refractivity contribution is 6.30. The summed E-state index contributed by atoms with van der Waals surface area (Å²) >= 11 is 5.96. The third-order valence-electron chi connectivity index (χ3n) is 3.94. The van der Waals surface area contributed by atoms with Crippen molar-refractivity contribution in [2.45, 2.75) is 25.7 Å². The smallest absolute Gasteiger partial charge is 0.342 e. The fraction of sp³-hybridized carbons (Fsp3) is 0.400. The van der Waals surface area contributed by atoms with Crippen LogP contribution >= 0.6 is 11.6 Å². The predicted octanol–water partition coefficient (Wildman–Crippen LogP) is 1.94. The molecule has 0 saturated carbocycles. The molecule has 0 aliphatic carbocycles. The first kappa shape index (κ1) is 14.8. The van der Waals surface area contributed by atoms with E-state index in [0.29, 0.717) is 23.1 Å². The number of piperidine rings is 1. The van der Waals surface area contributed by atoms with Crippen LogP contribution in [0.1, 0.15) is 31.5 Å². The lowest BCUT2D eigenvalue weighted by molar-refractivity contribution is -0.130. The lowest BCUT2D eigenvalue weighted by atomic mass is 9.97. The van der Waals surface area contributed by atoms with Gasteiger partial charge in [-0.15, -0.1) is 5.10 Å². The van der Waals surface area contributed by atoms with Crippen LogP contribution in [0.15, 0.2) is 29.1 Å². The molecule has 1 aliphatic rings. The number of hydrogen-bond acceptors (Lipinski definition) is 3. The molecule has 6 nitrogen and oxygen atoms in total. The van der Waals surface area contributed by atoms with Gasteiger partial charge < -0.3 is 4.90 Å². The van der Waals surface area contributed by atoms with E-state index in [0.717, 1.165) is 19.4 Å². The number of H-pyrrole nitrogens is 1. The number of likely N-dealkylation sites (tertiary alicyclic amines) is 1. The van der Waals surface area contributed by atoms with Gasteiger partial charge in [-0.2, -0.15) is 4.68 Å². The molecule has 2 aromatic rings. The molecule has 0 bridgehead atoms. The predicted molar refractivity (Wildman–Crippen MR) is 83.4 cm³/mol. The van der Waals surface area contributed by atoms with E-state index in [1.54, 1.807) is 36.1 Å². The van der Waals surface area contributed by atoms with Crippen molar-refractivity contribution in [1.29, 1.82) is 0 Å². The molecule has 3 rings (SSSR count). The van der Waals surface area contributed by atoms with Gasteiger partial charge in [-0.05, 0) is 31.0 Å². The fourth-order valence-electron chi connectivity index (χ4n) is 2.79. The zero-order chi connectivity index (χ0) is 15.7. The molecule has 1 aliphatic heterocycles. The number of carbonyl (C=O) groups excluding carboxylic acids is 1. The van der Waals surface area contributed by atoms with Gasteiger partial charge in [-0.1, -0.05) is 17.7 Å². The van der Waals surface area contributed by atoms with Crippen LogP contribution in [-0.4, -0.2) is 38.7 Å². The van der Waals surface area contributed by atoms with Crippen molar-refractivity contribution in [3.8, 4) is 5.69 Å². The minimum Gasteiger partial charge on any atom is -0.342 e. The first-order valence-electron chi connectivity index (χ1n) is 7.25. The van der Waals surface area contributed by atoms with Crippen LogP contribution in [0, 0.1) is 0 Å². The van der Waals surface area contributed by atoms with Gasteiger partial charge in [0.15, 0.2) is 0 Å². The molecule has 1 unspecified atom stereocenters. The lowest BCUT2D eigenvalue weighted by Gasteiger charge is -2.30. The zero-order valence-corrected chi connectivity index (χ0v) is 13.0. The molecular weight excluding hydrogens is 304 g/mol. The highest BCUT2D eigenvalue weighted by atomic mass is 35.5. The van der Waals surface area contributed by atoms with Crippen molar-refractivity contribution in [3.05, 3.63) is 45.6 Å². The van der Waals surface area contributed by atoms with Crippen molar-refractivity contribution in [2.75, 3.05) is 13.1 Å². The number of carbonyl (C=O) groups is 1. The Balaban J connectivity index is 1.89. The summed E-state index contributed by atoms with van der Waals surface area (Å²) in [7, 11) is 0. The highest BCUT2D eigenvalue weighted by Gasteiger charge is 2.26. The summed E-state index contributed by atoms with van der Waals surface area (Å²) in [5.41, 5.74) is 0.330. The minimum absolute atomic E-state index is 0.0568. The molecule has 7 heteroatoms. The first-order chi connectivity index (χ1) is 10.5. The van der Waals surface area contributed by atoms with Gasteiger partial charge in [0.05, 0.1) is 5.69 Å². The van der Waals surface area contributed by atoms with Crippen LogP contribution in [0.3, 0.4) is 0 Å². The van der Waals surface area contributed by atoms with Crippen molar-refractivity contribution in [2.24, 2.45) is 0 Å². The Morgan fingerprint density at radius 3 is 3.00 bits per heavy atom. The Labute approximate surface area is 132 Å². The Bertz CT molecular complexity index is 752. The summed E-state index contributed by atoms with van der Waals surface area (Å²) in [4.78, 5) is 28.3. The summed E-state index contributed by atoms with van der Waals surface area (Å²) in [6.07, 6.45) is 1.82. The Morgan fingerprint density at radius 2 is 2.27 bits per heavy atom. The van der Waals surface area contributed by atoms with Crippen molar-refractivity contribution < 1.29 is 4.79 Å². The Morgan fingerprint density at radius 1 is 1.45 bits per heavy atom. The second kappa shape index (κ2) is 5.96. The summed E-state index contributed by atoms with van der Waals surface area (Å²) < 4.78 is 1.31. The van der Waals surface area contributed by atoms with Gasteiger partial charge in [0.2, 0.25) is 5.91 Å². The fourth-order valence-corrected chi connectivity index (χ4v) is 2.98. The monoisotopic (exact) mass is 320 g/mol. The first-order valence-corrected chi connectivity index (χ1v) is 7.63. The van der Waals surface area contributed by atoms with Gasteiger partial charge >= 0.3 is 5.69 Å². The number of rotatable bonds is 2. The van der Waals surface area contributed by atoms with Crippen LogP contribution in [-0.2, 0) is 4.79 Å². The number of halogens is 1. The third-order valence-corrected chi connectivity index (χ3v) is 4.18. The molecule has 1 saturated heterocycles. The molecule has 1 atom stereocenters. The number of aromatic amines is 1. The van der Waals surface area contributed by atoms with Crippen LogP contribution in [0.2, 0.25) is 5.02 Å². The Hall–Kier alpha value is -2.08. The van der Waals surface area contributed by atoms with E-state index in [9.17, 15) is 9.59 Å². The number of hydrogen-bond donors (Lipinski definition) is 1. The second-order valence-electron chi connectivity index (χ2n) is 5.51. The maximum Gasteiger partial charge on any atom is 0.348 e. The number of amides is 1. The molecule has 1 amide bonds. The van der Waals surface area contributed by atoms with Crippen molar-refractivity contribution in [3.63, 3.8) is 0 Å². The lowest BCUT2D eigenvalue weighted by Crippen LogP contribution is -2.38. The van der Waals surface area contributed by atoms with Gasteiger partial charge in [-0.25, -0.2) is 4.79 Å². The van der Waals surface area contributed by atoms with E-state index < -0.39 is 0 Å². The maximum atomic E-state index is 12.1. The van der Waals surface area contributed by atoms with Gasteiger partial charge in [0, 0.05) is 31.0 Å². The highest BCUT2D eigenvalue weighted by Crippen LogP contribution is 2.24. The number of nitrogens with one attached hydrogen (secondary N) is 1. The standard InChI is InChI=1S/C15H17ClN4O2/c1-10(21)19-7-3-4-11(9-19)14-17-15(22)20(18-14)13-6-2-5-12(16)8-13/h2,5-6,8,11H,3-4,7,9H2,1H3,(H,17,18,22). The van der Waals surface area contributed by atoms with Gasteiger partial charge in [-0.3, -0.25) is 9.78 Å². The van der Waals surface area contributed by atoms with Crippen LogP contribution in [0.4, 0.5) is 0 Å². The van der Waals surface area contributed by atoms with Crippen LogP contribution < -0.4 is 5.69 Å². The molecule has 22 heavy (non-hydrogen) atoms. The SMILES string of the molecule is CC(=O)N1CCCC(c2nn(-c3cccc(Cl)c3)c(=O)[nH]2)C1. The average molecular weight is 321 g/mol. The molecular formula is C15H17ClN4O2. The maximum absolute atomic E-state index is 12.1. The van der Waals surface area contributed by atoms with Gasteiger partial charge in [0.25, 0.3) is 0 Å². The Kier molecular flexibility index (Phi) is 4.02. The number of aromatic nitrogens is 3. The third kappa shape index (κ3) is 2.92. The van der Waals surface area contributed by atoms with E-state index in [1.807, 2.05) is 0 Å². The van der Waals surface area contributed by atoms with Gasteiger partial charge in [0.1, 0.15) is 5.82 Å². The number of benzene rings is 1. The van der Waals surface area contributed by atoms with E-state index in [1.165, 1.54) is 4.68 Å². The van der Waals surface area contributed by atoms with E-state index in [4.69, 9.17) is 11.6 Å². The second-order valence-corrected chi connectivity index (χ2v) is 5.95. The summed E-state index contributed by atoms with van der Waals surface area (Å²) in [6.45, 7) is 2.93. The van der Waals surface area contributed by atoms with E-state index >= 15 is 0 Å². The topological polar surface area (TPSA) is 71.0 Å².